The Balaban J connectivity index is 0.711. The van der Waals surface area contributed by atoms with Gasteiger partial charge in [0, 0.05) is 79.4 Å². The van der Waals surface area contributed by atoms with Crippen LogP contribution in [0.5, 0.6) is 0 Å². The first-order valence-electron chi connectivity index (χ1n) is 22.9. The second kappa shape index (κ2) is 22.2. The average Bonchev–Trinajstić information content (AvgIpc) is 3.41. The van der Waals surface area contributed by atoms with Crippen molar-refractivity contribution in [2.75, 3.05) is 77.3 Å². The lowest BCUT2D eigenvalue weighted by Gasteiger charge is -2.33. The summed E-state index contributed by atoms with van der Waals surface area (Å²) in [4.78, 5) is 47.7. The molecule has 1 atom stereocenters. The second-order valence-electron chi connectivity index (χ2n) is 16.5. The van der Waals surface area contributed by atoms with Crippen LogP contribution < -0.4 is 31.3 Å². The van der Waals surface area contributed by atoms with E-state index in [0.717, 1.165) is 57.5 Å². The van der Waals surface area contributed by atoms with Crippen molar-refractivity contribution in [3.63, 3.8) is 0 Å². The molecule has 0 radical (unpaired) electrons. The Hall–Kier alpha value is -9.02. The number of pyridine rings is 2. The maximum atomic E-state index is 15.3. The van der Waals surface area contributed by atoms with Gasteiger partial charge in [-0.1, -0.05) is 24.3 Å². The number of ether oxygens (including phenoxy) is 2. The maximum absolute atomic E-state index is 15.3. The summed E-state index contributed by atoms with van der Waals surface area (Å²) < 4.78 is 41.1. The molecule has 0 bridgehead atoms. The summed E-state index contributed by atoms with van der Waals surface area (Å²) in [5.74, 6) is 0.761. The third-order valence-corrected chi connectivity index (χ3v) is 11.2. The van der Waals surface area contributed by atoms with Crippen LogP contribution in [0, 0.1) is 18.6 Å². The van der Waals surface area contributed by atoms with Crippen LogP contribution in [0.15, 0.2) is 132 Å². The molecule has 2 fully saturated rings. The Morgan fingerprint density at radius 1 is 0.597 bits per heavy atom. The number of aromatic nitrogens is 10. The highest BCUT2D eigenvalue weighted by atomic mass is 19.1. The molecular weight excluding hydrogens is 923 g/mol. The fraction of sp³-hybridized carbons (Fsp3) is 0.200. The van der Waals surface area contributed by atoms with Crippen molar-refractivity contribution in [1.82, 2.24) is 49.8 Å². The van der Waals surface area contributed by atoms with Crippen molar-refractivity contribution in [3.8, 4) is 22.8 Å². The van der Waals surface area contributed by atoms with Gasteiger partial charge in [0.15, 0.2) is 34.9 Å². The van der Waals surface area contributed by atoms with E-state index in [0.29, 0.717) is 75.5 Å². The molecule has 8 heterocycles. The van der Waals surface area contributed by atoms with Gasteiger partial charge in [0.2, 0.25) is 11.9 Å². The summed E-state index contributed by atoms with van der Waals surface area (Å²) in [6.45, 7) is 5.22. The lowest BCUT2D eigenvalue weighted by atomic mass is 10.1. The van der Waals surface area contributed by atoms with Crippen LogP contribution in [0.25, 0.3) is 22.8 Å². The van der Waals surface area contributed by atoms with Crippen LogP contribution in [-0.2, 0) is 15.9 Å². The molecule has 0 saturated carbocycles. The van der Waals surface area contributed by atoms with Crippen molar-refractivity contribution in [2.45, 2.75) is 19.4 Å². The number of hydrogen-bond donors (Lipinski definition) is 4. The van der Waals surface area contributed by atoms with Gasteiger partial charge in [0.05, 0.1) is 85.9 Å². The molecule has 362 valence electrons. The molecule has 6 aromatic heterocycles. The van der Waals surface area contributed by atoms with E-state index in [1.54, 1.807) is 37.1 Å². The molecule has 10 rings (SSSR count). The minimum absolute atomic E-state index is 0.128. The average molecular weight is 969 g/mol. The molecule has 0 aliphatic carbocycles. The number of rotatable bonds is 16. The third kappa shape index (κ3) is 12.0. The Morgan fingerprint density at radius 3 is 1.78 bits per heavy atom. The van der Waals surface area contributed by atoms with Crippen LogP contribution in [0.3, 0.4) is 0 Å². The maximum Gasteiger partial charge on any atom is 0.245 e. The van der Waals surface area contributed by atoms with Gasteiger partial charge in [0.25, 0.3) is 0 Å². The normalized spacial score (nSPS) is 15.0. The molecule has 0 spiro atoms. The smallest absolute Gasteiger partial charge is 0.245 e. The summed E-state index contributed by atoms with van der Waals surface area (Å²) in [6, 6.07) is 24.8. The van der Waals surface area contributed by atoms with Crippen molar-refractivity contribution >= 4 is 58.7 Å². The number of nitrogens with one attached hydrogen (secondary N) is 4. The monoisotopic (exact) mass is 968 g/mol. The number of anilines is 8. The highest BCUT2D eigenvalue weighted by Gasteiger charge is 2.25. The Kier molecular flexibility index (Phi) is 14.4. The molecule has 2 aromatic carbocycles. The number of aryl methyl sites for hydroxylation is 1. The predicted octanol–water partition coefficient (Wildman–Crippen LogP) is 7.22. The molecule has 4 N–H and O–H groups in total. The molecule has 22 heteroatoms. The lowest BCUT2D eigenvalue weighted by molar-refractivity contribution is 0.0400. The molecule has 2 aliphatic rings. The van der Waals surface area contributed by atoms with Gasteiger partial charge in [-0.15, -0.1) is 0 Å². The molecule has 72 heavy (non-hydrogen) atoms. The fourth-order valence-electron chi connectivity index (χ4n) is 7.73. The first-order valence-corrected chi connectivity index (χ1v) is 22.9. The number of nitrogens with zero attached hydrogens (tertiary/aromatic N) is 14. The minimum atomic E-state index is -0.560. The van der Waals surface area contributed by atoms with Crippen molar-refractivity contribution in [3.05, 3.63) is 157 Å². The number of hydrogen-bond acceptors (Lipinski definition) is 20. The lowest BCUT2D eigenvalue weighted by Crippen LogP contribution is -2.44. The van der Waals surface area contributed by atoms with Crippen LogP contribution >= 0.6 is 0 Å². The summed E-state index contributed by atoms with van der Waals surface area (Å²) in [5.41, 5.74) is 13.4. The van der Waals surface area contributed by atoms with E-state index >= 15 is 4.39 Å². The quantitative estimate of drug-likeness (QED) is 0.0554. The standard InChI is InChI=1S/C50H46F2N18O2/c1-32-23-56-45(57-24-32)33-4-2-6-35(20-33)62-40-10-8-39(54-25-40)28-61-68-50-59-30-44(52)48(66-50)70-16-19-72-42(31-70)22-37-12-13-53-46(64-37)34-5-3-7-36(21-34)63-41-11-9-38(55-26-41)27-60-67-49-58-29-43(51)47(65-49)69-14-17-71-18-15-69/h2-13,20-21,23-30,42,62-63H,14-19,22,31H2,1H3,(H,58,65,67)(H,59,66,68)/b60-27+,61-28+. The highest BCUT2D eigenvalue weighted by molar-refractivity contribution is 5.79. The minimum Gasteiger partial charge on any atom is -0.378 e. The van der Waals surface area contributed by atoms with Crippen LogP contribution in [0.4, 0.5) is 55.1 Å². The number of hydrazone groups is 2. The Labute approximate surface area is 411 Å². The predicted molar refractivity (Wildman–Crippen MR) is 270 cm³/mol. The molecule has 2 aliphatic heterocycles. The molecule has 8 aromatic rings. The summed E-state index contributed by atoms with van der Waals surface area (Å²) in [7, 11) is 0. The van der Waals surface area contributed by atoms with Gasteiger partial charge < -0.3 is 29.9 Å². The van der Waals surface area contributed by atoms with Crippen LogP contribution in [0.2, 0.25) is 0 Å². The van der Waals surface area contributed by atoms with E-state index in [-0.39, 0.29) is 29.6 Å². The van der Waals surface area contributed by atoms with E-state index < -0.39 is 11.6 Å². The van der Waals surface area contributed by atoms with Crippen molar-refractivity contribution < 1.29 is 18.3 Å². The van der Waals surface area contributed by atoms with Crippen LogP contribution in [0.1, 0.15) is 22.6 Å². The fourth-order valence-corrected chi connectivity index (χ4v) is 7.73. The van der Waals surface area contributed by atoms with Gasteiger partial charge >= 0.3 is 0 Å². The number of morpholine rings is 2. The van der Waals surface area contributed by atoms with Crippen molar-refractivity contribution in [1.29, 1.82) is 0 Å². The van der Waals surface area contributed by atoms with Gasteiger partial charge in [-0.25, -0.2) is 49.5 Å². The summed E-state index contributed by atoms with van der Waals surface area (Å²) in [6.07, 6.45) is 14.2. The molecule has 2 saturated heterocycles. The van der Waals surface area contributed by atoms with E-state index in [4.69, 9.17) is 14.5 Å². The topological polar surface area (TPSA) is 227 Å². The highest BCUT2D eigenvalue weighted by Crippen LogP contribution is 2.26. The number of benzene rings is 2. The Morgan fingerprint density at radius 2 is 1.18 bits per heavy atom. The zero-order valence-corrected chi connectivity index (χ0v) is 38.8. The summed E-state index contributed by atoms with van der Waals surface area (Å²) in [5, 5.41) is 15.2. The van der Waals surface area contributed by atoms with Crippen molar-refractivity contribution in [2.24, 2.45) is 10.2 Å². The van der Waals surface area contributed by atoms with E-state index in [9.17, 15) is 4.39 Å². The number of halogens is 2. The molecule has 20 nitrogen and oxygen atoms in total. The SMILES string of the molecule is Cc1cnc(-c2cccc(Nc3ccc(/C=N/Nc4ncc(F)c(N5CCOC(Cc6ccnc(-c7cccc(Nc8ccc(/C=N/Nc9ncc(F)c(N%10CCOCC%10)n9)nc8)c7)n6)C5)n4)nc3)c2)nc1. The summed E-state index contributed by atoms with van der Waals surface area (Å²) >= 11 is 0. The Bertz CT molecular complexity index is 3180. The molecule has 1 unspecified atom stereocenters. The van der Waals surface area contributed by atoms with Gasteiger partial charge in [-0.3, -0.25) is 9.97 Å². The van der Waals surface area contributed by atoms with E-state index in [1.807, 2.05) is 89.5 Å². The first kappa shape index (κ1) is 46.7. The zero-order chi connectivity index (χ0) is 49.1. The molecular formula is C50H46F2N18O2. The van der Waals surface area contributed by atoms with Gasteiger partial charge in [0.1, 0.15) is 0 Å². The van der Waals surface area contributed by atoms with E-state index in [2.05, 4.69) is 76.5 Å². The van der Waals surface area contributed by atoms with E-state index in [1.165, 1.54) is 12.4 Å². The second-order valence-corrected chi connectivity index (χ2v) is 16.5. The first-order chi connectivity index (χ1) is 35.3. The largest absolute Gasteiger partial charge is 0.378 e. The van der Waals surface area contributed by atoms with Gasteiger partial charge in [-0.05, 0) is 67.1 Å². The van der Waals surface area contributed by atoms with Gasteiger partial charge in [-0.2, -0.15) is 20.2 Å². The zero-order valence-electron chi connectivity index (χ0n) is 38.8. The third-order valence-electron chi connectivity index (χ3n) is 11.2. The molecule has 0 amide bonds. The van der Waals surface area contributed by atoms with Crippen LogP contribution in [-0.4, -0.2) is 114 Å².